The van der Waals surface area contributed by atoms with Crippen molar-refractivity contribution in [3.05, 3.63) is 65.5 Å². The molecule has 1 aliphatic rings. The molecule has 0 saturated heterocycles. The highest BCUT2D eigenvalue weighted by atomic mass is 16.2. The first-order valence-electron chi connectivity index (χ1n) is 9.11. The fourth-order valence-corrected chi connectivity index (χ4v) is 3.81. The van der Waals surface area contributed by atoms with E-state index in [4.69, 9.17) is 5.73 Å². The molecular formula is C21H27N3O. The molecule has 25 heavy (non-hydrogen) atoms. The lowest BCUT2D eigenvalue weighted by molar-refractivity contribution is -0.138. The molecule has 1 heterocycles. The molecule has 1 aromatic heterocycles. The molecule has 4 heteroatoms. The molecule has 0 spiro atoms. The SMILES string of the molecule is Cc1cccc(CN(Cc2ccccn2)C(=O)[C@@H]2CCC[C@@H]2CN)c1. The monoisotopic (exact) mass is 337 g/mol. The molecule has 2 N–H and O–H groups in total. The molecule has 1 amide bonds. The highest BCUT2D eigenvalue weighted by Crippen LogP contribution is 2.33. The maximum atomic E-state index is 13.3. The van der Waals surface area contributed by atoms with Crippen LogP contribution in [0.15, 0.2) is 48.7 Å². The third-order valence-electron chi connectivity index (χ3n) is 5.13. The quantitative estimate of drug-likeness (QED) is 0.880. The van der Waals surface area contributed by atoms with Crippen molar-refractivity contribution in [2.75, 3.05) is 6.54 Å². The van der Waals surface area contributed by atoms with Gasteiger partial charge < -0.3 is 10.6 Å². The maximum absolute atomic E-state index is 13.3. The van der Waals surface area contributed by atoms with Crippen LogP contribution in [0, 0.1) is 18.8 Å². The van der Waals surface area contributed by atoms with Crippen LogP contribution in [0.5, 0.6) is 0 Å². The van der Waals surface area contributed by atoms with Gasteiger partial charge in [0, 0.05) is 18.7 Å². The number of rotatable bonds is 6. The first kappa shape index (κ1) is 17.6. The van der Waals surface area contributed by atoms with Gasteiger partial charge >= 0.3 is 0 Å². The van der Waals surface area contributed by atoms with Crippen LogP contribution in [0.1, 0.15) is 36.1 Å². The van der Waals surface area contributed by atoms with Crippen molar-refractivity contribution < 1.29 is 4.79 Å². The van der Waals surface area contributed by atoms with Crippen molar-refractivity contribution in [3.63, 3.8) is 0 Å². The zero-order valence-corrected chi connectivity index (χ0v) is 14.9. The van der Waals surface area contributed by atoms with E-state index < -0.39 is 0 Å². The third kappa shape index (κ3) is 4.45. The van der Waals surface area contributed by atoms with E-state index in [1.54, 1.807) is 6.20 Å². The predicted molar refractivity (Wildman–Crippen MR) is 99.6 cm³/mol. The fourth-order valence-electron chi connectivity index (χ4n) is 3.81. The Bertz CT molecular complexity index is 701. The van der Waals surface area contributed by atoms with Gasteiger partial charge in [-0.05, 0) is 49.9 Å². The maximum Gasteiger partial charge on any atom is 0.226 e. The lowest BCUT2D eigenvalue weighted by Gasteiger charge is -2.28. The van der Waals surface area contributed by atoms with Crippen LogP contribution in [0.2, 0.25) is 0 Å². The smallest absolute Gasteiger partial charge is 0.226 e. The second kappa shape index (κ2) is 8.26. The normalized spacial score (nSPS) is 19.8. The summed E-state index contributed by atoms with van der Waals surface area (Å²) in [6.07, 6.45) is 4.89. The molecule has 3 rings (SSSR count). The summed E-state index contributed by atoms with van der Waals surface area (Å²) in [7, 11) is 0. The number of benzene rings is 1. The van der Waals surface area contributed by atoms with Crippen molar-refractivity contribution >= 4 is 5.91 Å². The van der Waals surface area contributed by atoms with Crippen LogP contribution in [-0.4, -0.2) is 22.3 Å². The zero-order valence-electron chi connectivity index (χ0n) is 14.9. The Morgan fingerprint density at radius 1 is 1.20 bits per heavy atom. The molecule has 1 fully saturated rings. The number of aryl methyl sites for hydroxylation is 1. The molecule has 0 aliphatic heterocycles. The average Bonchev–Trinajstić information content (AvgIpc) is 3.10. The molecule has 2 aromatic rings. The highest BCUT2D eigenvalue weighted by Gasteiger charge is 2.34. The Labute approximate surface area is 150 Å². The van der Waals surface area contributed by atoms with Crippen LogP contribution in [0.25, 0.3) is 0 Å². The van der Waals surface area contributed by atoms with Crippen molar-refractivity contribution in [2.45, 2.75) is 39.3 Å². The second-order valence-electron chi connectivity index (χ2n) is 7.04. The topological polar surface area (TPSA) is 59.2 Å². The number of aromatic nitrogens is 1. The van der Waals surface area contributed by atoms with Crippen LogP contribution in [-0.2, 0) is 17.9 Å². The Morgan fingerprint density at radius 2 is 2.08 bits per heavy atom. The van der Waals surface area contributed by atoms with Gasteiger partial charge in [0.1, 0.15) is 0 Å². The summed E-state index contributed by atoms with van der Waals surface area (Å²) in [5, 5.41) is 0. The third-order valence-corrected chi connectivity index (χ3v) is 5.13. The summed E-state index contributed by atoms with van der Waals surface area (Å²) in [5.41, 5.74) is 9.20. The van der Waals surface area contributed by atoms with Crippen LogP contribution in [0.4, 0.5) is 0 Å². The summed E-state index contributed by atoms with van der Waals surface area (Å²) in [5.74, 6) is 0.592. The minimum absolute atomic E-state index is 0.0542. The summed E-state index contributed by atoms with van der Waals surface area (Å²) >= 11 is 0. The van der Waals surface area contributed by atoms with Crippen LogP contribution in [0.3, 0.4) is 0 Å². The molecular weight excluding hydrogens is 310 g/mol. The fraction of sp³-hybridized carbons (Fsp3) is 0.429. The number of nitrogens with two attached hydrogens (primary N) is 1. The number of hydrogen-bond donors (Lipinski definition) is 1. The molecule has 132 valence electrons. The number of pyridine rings is 1. The molecule has 1 saturated carbocycles. The first-order chi connectivity index (χ1) is 12.2. The van der Waals surface area contributed by atoms with Gasteiger partial charge in [0.25, 0.3) is 0 Å². The van der Waals surface area contributed by atoms with Gasteiger partial charge in [-0.1, -0.05) is 42.3 Å². The summed E-state index contributed by atoms with van der Waals surface area (Å²) in [6.45, 7) is 3.83. The number of nitrogens with zero attached hydrogens (tertiary/aromatic N) is 2. The lowest BCUT2D eigenvalue weighted by Crippen LogP contribution is -2.38. The second-order valence-corrected chi connectivity index (χ2v) is 7.04. The van der Waals surface area contributed by atoms with Gasteiger partial charge in [-0.2, -0.15) is 0 Å². The zero-order chi connectivity index (χ0) is 17.6. The minimum Gasteiger partial charge on any atom is -0.332 e. The number of amides is 1. The Morgan fingerprint density at radius 3 is 2.80 bits per heavy atom. The van der Waals surface area contributed by atoms with Gasteiger partial charge in [-0.25, -0.2) is 0 Å². The van der Waals surface area contributed by atoms with E-state index >= 15 is 0 Å². The van der Waals surface area contributed by atoms with E-state index in [1.165, 1.54) is 5.56 Å². The predicted octanol–water partition coefficient (Wildman–Crippen LogP) is 3.29. The Kier molecular flexibility index (Phi) is 5.82. The molecule has 4 nitrogen and oxygen atoms in total. The van der Waals surface area contributed by atoms with Gasteiger partial charge in [-0.3, -0.25) is 9.78 Å². The van der Waals surface area contributed by atoms with E-state index in [0.717, 1.165) is 30.5 Å². The van der Waals surface area contributed by atoms with Gasteiger partial charge in [0.15, 0.2) is 0 Å². The largest absolute Gasteiger partial charge is 0.332 e. The molecule has 2 atom stereocenters. The van der Waals surface area contributed by atoms with E-state index in [2.05, 4.69) is 30.1 Å². The average molecular weight is 337 g/mol. The number of carbonyl (C=O) groups excluding carboxylic acids is 1. The van der Waals surface area contributed by atoms with Crippen molar-refractivity contribution in [3.8, 4) is 0 Å². The van der Waals surface area contributed by atoms with Crippen molar-refractivity contribution in [1.29, 1.82) is 0 Å². The summed E-state index contributed by atoms with van der Waals surface area (Å²) in [4.78, 5) is 19.6. The van der Waals surface area contributed by atoms with Gasteiger partial charge in [0.2, 0.25) is 5.91 Å². The summed E-state index contributed by atoms with van der Waals surface area (Å²) in [6, 6.07) is 14.2. The van der Waals surface area contributed by atoms with Crippen molar-refractivity contribution in [2.24, 2.45) is 17.6 Å². The van der Waals surface area contributed by atoms with Crippen LogP contribution < -0.4 is 5.73 Å². The van der Waals surface area contributed by atoms with Gasteiger partial charge in [0.05, 0.1) is 12.2 Å². The number of carbonyl (C=O) groups is 1. The molecule has 0 bridgehead atoms. The van der Waals surface area contributed by atoms with Crippen molar-refractivity contribution in [1.82, 2.24) is 9.88 Å². The van der Waals surface area contributed by atoms with E-state index in [9.17, 15) is 4.79 Å². The van der Waals surface area contributed by atoms with E-state index in [1.807, 2.05) is 29.2 Å². The highest BCUT2D eigenvalue weighted by molar-refractivity contribution is 5.79. The van der Waals surface area contributed by atoms with E-state index in [-0.39, 0.29) is 11.8 Å². The Balaban J connectivity index is 1.81. The van der Waals surface area contributed by atoms with Gasteiger partial charge in [-0.15, -0.1) is 0 Å². The van der Waals surface area contributed by atoms with Crippen LogP contribution >= 0.6 is 0 Å². The molecule has 0 unspecified atom stereocenters. The molecule has 0 radical (unpaired) electrons. The first-order valence-corrected chi connectivity index (χ1v) is 9.11. The lowest BCUT2D eigenvalue weighted by atomic mass is 9.94. The standard InChI is InChI=1S/C21H27N3O/c1-16-6-4-7-17(12-16)14-24(15-19-9-2-3-11-23-19)21(25)20-10-5-8-18(20)13-22/h2-4,6-7,9,11-12,18,20H,5,8,10,13-15,22H2,1H3/t18-,20-/m1/s1. The Hall–Kier alpha value is -2.20. The number of hydrogen-bond acceptors (Lipinski definition) is 3. The molecule has 1 aromatic carbocycles. The molecule has 1 aliphatic carbocycles. The minimum atomic E-state index is 0.0542. The van der Waals surface area contributed by atoms with E-state index in [0.29, 0.717) is 25.6 Å². The summed E-state index contributed by atoms with van der Waals surface area (Å²) < 4.78 is 0.